The summed E-state index contributed by atoms with van der Waals surface area (Å²) in [5, 5.41) is 0. The summed E-state index contributed by atoms with van der Waals surface area (Å²) < 4.78 is 18.4. The topological polar surface area (TPSA) is 55.6 Å². The van der Waals surface area contributed by atoms with E-state index in [2.05, 4.69) is 4.74 Å². The highest BCUT2D eigenvalue weighted by molar-refractivity contribution is 5.92. The first-order valence-corrected chi connectivity index (χ1v) is 6.00. The van der Waals surface area contributed by atoms with Gasteiger partial charge in [0.1, 0.15) is 5.82 Å². The predicted octanol–water partition coefficient (Wildman–Crippen LogP) is 2.96. The Kier molecular flexibility index (Phi) is 3.89. The predicted molar refractivity (Wildman–Crippen MR) is 76.7 cm³/mol. The van der Waals surface area contributed by atoms with E-state index < -0.39 is 5.97 Å². The number of ether oxygens (including phenoxy) is 1. The first-order chi connectivity index (χ1) is 9.54. The smallest absolute Gasteiger partial charge is 0.337 e. The van der Waals surface area contributed by atoms with E-state index in [1.54, 1.807) is 42.3 Å². The van der Waals surface area contributed by atoms with Crippen molar-refractivity contribution in [1.29, 1.82) is 0 Å². The molecule has 0 aliphatic carbocycles. The van der Waals surface area contributed by atoms with Crippen LogP contribution in [0.2, 0.25) is 0 Å². The summed E-state index contributed by atoms with van der Waals surface area (Å²) in [6.45, 7) is 0. The van der Waals surface area contributed by atoms with Crippen molar-refractivity contribution >= 4 is 23.0 Å². The van der Waals surface area contributed by atoms with Crippen LogP contribution < -0.4 is 10.6 Å². The molecule has 20 heavy (non-hydrogen) atoms. The van der Waals surface area contributed by atoms with Crippen LogP contribution in [0.4, 0.5) is 21.5 Å². The molecule has 2 aromatic carbocycles. The minimum atomic E-state index is -0.461. The van der Waals surface area contributed by atoms with Gasteiger partial charge < -0.3 is 15.4 Å². The molecular formula is C15H15FN2O2. The molecule has 0 saturated heterocycles. The van der Waals surface area contributed by atoms with Crippen molar-refractivity contribution in [1.82, 2.24) is 0 Å². The fraction of sp³-hybridized carbons (Fsp3) is 0.133. The van der Waals surface area contributed by atoms with Crippen LogP contribution in [-0.2, 0) is 4.74 Å². The number of rotatable bonds is 3. The lowest BCUT2D eigenvalue weighted by Crippen LogP contribution is -2.14. The number of hydrogen-bond acceptors (Lipinski definition) is 4. The molecule has 0 unspecified atom stereocenters. The molecule has 5 heteroatoms. The van der Waals surface area contributed by atoms with E-state index in [0.717, 1.165) is 0 Å². The Morgan fingerprint density at radius 1 is 1.20 bits per heavy atom. The summed E-state index contributed by atoms with van der Waals surface area (Å²) >= 11 is 0. The molecule has 0 spiro atoms. The van der Waals surface area contributed by atoms with Crippen LogP contribution in [-0.4, -0.2) is 20.1 Å². The third-order valence-corrected chi connectivity index (χ3v) is 3.02. The van der Waals surface area contributed by atoms with Gasteiger partial charge in [0.05, 0.1) is 29.7 Å². The molecule has 0 aliphatic heterocycles. The maximum atomic E-state index is 13.8. The van der Waals surface area contributed by atoms with Gasteiger partial charge in [-0.25, -0.2) is 9.18 Å². The number of nitrogens with zero attached hydrogens (tertiary/aromatic N) is 1. The fourth-order valence-electron chi connectivity index (χ4n) is 1.96. The number of anilines is 3. The van der Waals surface area contributed by atoms with Crippen LogP contribution in [0.25, 0.3) is 0 Å². The first-order valence-electron chi connectivity index (χ1n) is 6.00. The molecule has 0 fully saturated rings. The standard InChI is InChI=1S/C15H15FN2O2/c1-18(13-6-4-3-5-11(13)16)14-8-7-10(9-12(14)17)15(19)20-2/h3-9H,17H2,1-2H3. The van der Waals surface area contributed by atoms with Crippen LogP contribution in [0.1, 0.15) is 10.4 Å². The largest absolute Gasteiger partial charge is 0.465 e. The Bertz CT molecular complexity index is 644. The number of carbonyl (C=O) groups excluding carboxylic acids is 1. The molecule has 0 atom stereocenters. The van der Waals surface area contributed by atoms with E-state index in [0.29, 0.717) is 22.6 Å². The van der Waals surface area contributed by atoms with Gasteiger partial charge in [0.15, 0.2) is 0 Å². The molecule has 4 nitrogen and oxygen atoms in total. The molecule has 0 aliphatic rings. The number of benzene rings is 2. The number of nitrogens with two attached hydrogens (primary N) is 1. The lowest BCUT2D eigenvalue weighted by Gasteiger charge is -2.22. The van der Waals surface area contributed by atoms with Gasteiger partial charge in [-0.1, -0.05) is 12.1 Å². The van der Waals surface area contributed by atoms with Gasteiger partial charge in [-0.15, -0.1) is 0 Å². The van der Waals surface area contributed by atoms with Crippen molar-refractivity contribution in [2.24, 2.45) is 0 Å². The van der Waals surface area contributed by atoms with Crippen LogP contribution in [0.5, 0.6) is 0 Å². The first kappa shape index (κ1) is 13.9. The Morgan fingerprint density at radius 2 is 1.90 bits per heavy atom. The van der Waals surface area contributed by atoms with E-state index in [9.17, 15) is 9.18 Å². The molecule has 0 radical (unpaired) electrons. The van der Waals surface area contributed by atoms with E-state index in [-0.39, 0.29) is 5.82 Å². The van der Waals surface area contributed by atoms with E-state index in [1.807, 2.05) is 0 Å². The Morgan fingerprint density at radius 3 is 2.50 bits per heavy atom. The van der Waals surface area contributed by atoms with Crippen molar-refractivity contribution in [3.63, 3.8) is 0 Å². The third-order valence-electron chi connectivity index (χ3n) is 3.02. The highest BCUT2D eigenvalue weighted by Crippen LogP contribution is 2.31. The lowest BCUT2D eigenvalue weighted by atomic mass is 10.1. The number of esters is 1. The number of nitrogen functional groups attached to an aromatic ring is 1. The average Bonchev–Trinajstić information content (AvgIpc) is 2.46. The zero-order chi connectivity index (χ0) is 14.7. The second-order valence-electron chi connectivity index (χ2n) is 4.28. The highest BCUT2D eigenvalue weighted by atomic mass is 19.1. The third kappa shape index (κ3) is 2.56. The minimum Gasteiger partial charge on any atom is -0.465 e. The number of methoxy groups -OCH3 is 1. The fourth-order valence-corrected chi connectivity index (χ4v) is 1.96. The van der Waals surface area contributed by atoms with E-state index in [1.165, 1.54) is 19.2 Å². The number of hydrogen-bond donors (Lipinski definition) is 1. The summed E-state index contributed by atoms with van der Waals surface area (Å²) in [6.07, 6.45) is 0. The maximum absolute atomic E-state index is 13.8. The Labute approximate surface area is 116 Å². The van der Waals surface area contributed by atoms with Gasteiger partial charge in [-0.3, -0.25) is 0 Å². The molecule has 0 amide bonds. The van der Waals surface area contributed by atoms with Crippen LogP contribution >= 0.6 is 0 Å². The SMILES string of the molecule is COC(=O)c1ccc(N(C)c2ccccc2F)c(N)c1. The second kappa shape index (κ2) is 5.61. The monoisotopic (exact) mass is 274 g/mol. The van der Waals surface area contributed by atoms with Gasteiger partial charge in [-0.2, -0.15) is 0 Å². The van der Waals surface area contributed by atoms with Gasteiger partial charge in [-0.05, 0) is 30.3 Å². The number of para-hydroxylation sites is 1. The Balaban J connectivity index is 2.39. The van der Waals surface area contributed by atoms with Crippen molar-refractivity contribution in [2.45, 2.75) is 0 Å². The average molecular weight is 274 g/mol. The summed E-state index contributed by atoms with van der Waals surface area (Å²) in [5.41, 5.74) is 7.68. The molecule has 0 heterocycles. The Hall–Kier alpha value is -2.56. The zero-order valence-electron chi connectivity index (χ0n) is 11.3. The lowest BCUT2D eigenvalue weighted by molar-refractivity contribution is 0.0601. The summed E-state index contributed by atoms with van der Waals surface area (Å²) in [4.78, 5) is 13.1. The normalized spacial score (nSPS) is 10.2. The van der Waals surface area contributed by atoms with Gasteiger partial charge >= 0.3 is 5.97 Å². The van der Waals surface area contributed by atoms with E-state index >= 15 is 0 Å². The van der Waals surface area contributed by atoms with Crippen molar-refractivity contribution in [2.75, 3.05) is 24.8 Å². The van der Waals surface area contributed by atoms with Gasteiger partial charge in [0.25, 0.3) is 0 Å². The number of carbonyl (C=O) groups is 1. The molecule has 0 aromatic heterocycles. The second-order valence-corrected chi connectivity index (χ2v) is 4.28. The highest BCUT2D eigenvalue weighted by Gasteiger charge is 2.14. The summed E-state index contributed by atoms with van der Waals surface area (Å²) in [5.74, 6) is -0.803. The van der Waals surface area contributed by atoms with Gasteiger partial charge in [0, 0.05) is 7.05 Å². The van der Waals surface area contributed by atoms with Crippen molar-refractivity contribution < 1.29 is 13.9 Å². The molecule has 0 saturated carbocycles. The van der Waals surface area contributed by atoms with Gasteiger partial charge in [0.2, 0.25) is 0 Å². The van der Waals surface area contributed by atoms with Crippen LogP contribution in [0.15, 0.2) is 42.5 Å². The molecule has 2 aromatic rings. The summed E-state index contributed by atoms with van der Waals surface area (Å²) in [6, 6.07) is 11.2. The molecular weight excluding hydrogens is 259 g/mol. The summed E-state index contributed by atoms with van der Waals surface area (Å²) in [7, 11) is 3.01. The number of halogens is 1. The van der Waals surface area contributed by atoms with Crippen molar-refractivity contribution in [3.05, 3.63) is 53.8 Å². The van der Waals surface area contributed by atoms with Crippen LogP contribution in [0.3, 0.4) is 0 Å². The maximum Gasteiger partial charge on any atom is 0.337 e. The molecule has 0 bridgehead atoms. The quantitative estimate of drug-likeness (QED) is 0.690. The molecule has 2 rings (SSSR count). The minimum absolute atomic E-state index is 0.341. The van der Waals surface area contributed by atoms with Crippen LogP contribution in [0, 0.1) is 5.82 Å². The van der Waals surface area contributed by atoms with E-state index in [4.69, 9.17) is 5.73 Å². The zero-order valence-corrected chi connectivity index (χ0v) is 11.3. The van der Waals surface area contributed by atoms with Crippen molar-refractivity contribution in [3.8, 4) is 0 Å². The molecule has 2 N–H and O–H groups in total. The molecule has 104 valence electrons.